The van der Waals surface area contributed by atoms with E-state index in [0.717, 1.165) is 12.8 Å². The van der Waals surface area contributed by atoms with Gasteiger partial charge in [-0.2, -0.15) is 0 Å². The molecule has 116 valence electrons. The van der Waals surface area contributed by atoms with Crippen molar-refractivity contribution in [1.29, 1.82) is 0 Å². The van der Waals surface area contributed by atoms with Gasteiger partial charge in [0.1, 0.15) is 0 Å². The van der Waals surface area contributed by atoms with Gasteiger partial charge in [0, 0.05) is 0 Å². The van der Waals surface area contributed by atoms with Crippen molar-refractivity contribution in [1.82, 2.24) is 0 Å². The smallest absolute Gasteiger partial charge is 0.217 e. The first-order valence-corrected chi connectivity index (χ1v) is 9.00. The highest BCUT2D eigenvalue weighted by Crippen LogP contribution is 2.11. The molecule has 0 bridgehead atoms. The summed E-state index contributed by atoms with van der Waals surface area (Å²) in [6, 6.07) is 0. The van der Waals surface area contributed by atoms with Crippen LogP contribution in [0.2, 0.25) is 0 Å². The summed E-state index contributed by atoms with van der Waals surface area (Å²) < 4.78 is 34.6. The molecule has 0 rings (SSSR count). The minimum absolute atomic E-state index is 0.0310. The van der Waals surface area contributed by atoms with Gasteiger partial charge < -0.3 is 4.55 Å². The molecule has 5 heteroatoms. The van der Waals surface area contributed by atoms with Crippen LogP contribution in [0.4, 0.5) is 0 Å². The molecular formula is C14H29O4S-. The van der Waals surface area contributed by atoms with Gasteiger partial charge in [-0.3, -0.25) is 4.18 Å². The third-order valence-corrected chi connectivity index (χ3v) is 3.68. The molecule has 0 saturated carbocycles. The van der Waals surface area contributed by atoms with E-state index < -0.39 is 10.4 Å². The highest BCUT2D eigenvalue weighted by atomic mass is 32.3. The number of hydrogen-bond donors (Lipinski definition) is 0. The molecule has 0 aromatic carbocycles. The van der Waals surface area contributed by atoms with Gasteiger partial charge in [-0.05, 0) is 6.42 Å². The zero-order valence-electron chi connectivity index (χ0n) is 12.2. The maximum atomic E-state index is 10.2. The van der Waals surface area contributed by atoms with E-state index in [1.165, 1.54) is 57.8 Å². The molecule has 0 saturated heterocycles. The molecule has 0 spiro atoms. The Bertz CT molecular complexity index is 275. The molecule has 0 aromatic rings. The first-order chi connectivity index (χ1) is 9.06. The van der Waals surface area contributed by atoms with Gasteiger partial charge in [0.15, 0.2) is 0 Å². The van der Waals surface area contributed by atoms with E-state index in [2.05, 4.69) is 11.1 Å². The molecule has 0 aromatic heterocycles. The standard InChI is InChI=1S/C14H30O4S/c1-2-3-4-5-6-7-8-9-10-11-12-13-14-18-19(15,16)17/h2-14H2,1H3,(H,15,16,17)/p-1. The van der Waals surface area contributed by atoms with Crippen LogP contribution in [-0.4, -0.2) is 19.6 Å². The Labute approximate surface area is 118 Å². The largest absolute Gasteiger partial charge is 0.726 e. The fraction of sp³-hybridized carbons (Fsp3) is 1.00. The summed E-state index contributed by atoms with van der Waals surface area (Å²) in [4.78, 5) is 0. The molecular weight excluding hydrogens is 264 g/mol. The van der Waals surface area contributed by atoms with E-state index in [1.54, 1.807) is 0 Å². The molecule has 0 amide bonds. The summed E-state index contributed by atoms with van der Waals surface area (Å²) in [5.41, 5.74) is 0. The fourth-order valence-corrected chi connectivity index (χ4v) is 2.43. The van der Waals surface area contributed by atoms with E-state index >= 15 is 0 Å². The van der Waals surface area contributed by atoms with Crippen molar-refractivity contribution in [3.8, 4) is 0 Å². The van der Waals surface area contributed by atoms with Crippen molar-refractivity contribution >= 4 is 10.4 Å². The lowest BCUT2D eigenvalue weighted by molar-refractivity contribution is 0.255. The molecule has 0 aliphatic carbocycles. The predicted molar refractivity (Wildman–Crippen MR) is 76.7 cm³/mol. The van der Waals surface area contributed by atoms with E-state index in [4.69, 9.17) is 0 Å². The molecule has 0 unspecified atom stereocenters. The van der Waals surface area contributed by atoms with Crippen molar-refractivity contribution in [3.05, 3.63) is 0 Å². The van der Waals surface area contributed by atoms with Gasteiger partial charge in [0.05, 0.1) is 6.61 Å². The Kier molecular flexibility index (Phi) is 12.8. The maximum Gasteiger partial charge on any atom is 0.217 e. The summed E-state index contributed by atoms with van der Waals surface area (Å²) >= 11 is 0. The van der Waals surface area contributed by atoms with E-state index in [1.807, 2.05) is 0 Å². The summed E-state index contributed by atoms with van der Waals surface area (Å²) in [6.45, 7) is 2.26. The Morgan fingerprint density at radius 2 is 1.11 bits per heavy atom. The normalized spacial score (nSPS) is 11.9. The molecule has 0 aliphatic rings. The van der Waals surface area contributed by atoms with Gasteiger partial charge in [-0.25, -0.2) is 8.42 Å². The minimum atomic E-state index is -4.49. The third kappa shape index (κ3) is 17.9. The highest BCUT2D eigenvalue weighted by molar-refractivity contribution is 7.80. The molecule has 0 fully saturated rings. The van der Waals surface area contributed by atoms with Gasteiger partial charge in [0.25, 0.3) is 0 Å². The SMILES string of the molecule is CCCCCCCCCCCCCCOS(=O)(=O)[O-]. The Hall–Kier alpha value is -0.130. The van der Waals surface area contributed by atoms with Crippen LogP contribution in [0.25, 0.3) is 0 Å². The van der Waals surface area contributed by atoms with Crippen LogP contribution in [0, 0.1) is 0 Å². The van der Waals surface area contributed by atoms with Crippen LogP contribution in [0.15, 0.2) is 0 Å². The minimum Gasteiger partial charge on any atom is -0.726 e. The molecule has 19 heavy (non-hydrogen) atoms. The van der Waals surface area contributed by atoms with Crippen molar-refractivity contribution in [3.63, 3.8) is 0 Å². The average molecular weight is 293 g/mol. The highest BCUT2D eigenvalue weighted by Gasteiger charge is 1.96. The van der Waals surface area contributed by atoms with Crippen LogP contribution >= 0.6 is 0 Å². The maximum absolute atomic E-state index is 10.2. The number of rotatable bonds is 14. The zero-order chi connectivity index (χ0) is 14.4. The van der Waals surface area contributed by atoms with Gasteiger partial charge in [-0.15, -0.1) is 0 Å². The topological polar surface area (TPSA) is 66.4 Å². The average Bonchev–Trinajstić information content (AvgIpc) is 2.34. The van der Waals surface area contributed by atoms with Gasteiger partial charge in [-0.1, -0.05) is 77.6 Å². The van der Waals surface area contributed by atoms with Gasteiger partial charge in [0.2, 0.25) is 10.4 Å². The summed E-state index contributed by atoms with van der Waals surface area (Å²) in [5, 5.41) is 0. The molecule has 0 heterocycles. The molecule has 0 N–H and O–H groups in total. The van der Waals surface area contributed by atoms with E-state index in [0.29, 0.717) is 6.42 Å². The number of hydrogen-bond acceptors (Lipinski definition) is 4. The third-order valence-electron chi connectivity index (χ3n) is 3.23. The first kappa shape index (κ1) is 18.9. The van der Waals surface area contributed by atoms with E-state index in [9.17, 15) is 13.0 Å². The lowest BCUT2D eigenvalue weighted by Crippen LogP contribution is -2.05. The van der Waals surface area contributed by atoms with Crippen molar-refractivity contribution in [2.24, 2.45) is 0 Å². The quantitative estimate of drug-likeness (QED) is 0.274. The second kappa shape index (κ2) is 12.9. The lowest BCUT2D eigenvalue weighted by Gasteiger charge is -2.07. The summed E-state index contributed by atoms with van der Waals surface area (Å²) in [5.74, 6) is 0. The summed E-state index contributed by atoms with van der Waals surface area (Å²) in [6.07, 6.45) is 14.5. The molecule has 0 atom stereocenters. The Morgan fingerprint density at radius 1 is 0.737 bits per heavy atom. The van der Waals surface area contributed by atoms with Crippen LogP contribution in [-0.2, 0) is 14.6 Å². The predicted octanol–water partition coefficient (Wildman–Crippen LogP) is 4.16. The molecule has 0 radical (unpaired) electrons. The Morgan fingerprint density at radius 3 is 1.47 bits per heavy atom. The summed E-state index contributed by atoms with van der Waals surface area (Å²) in [7, 11) is -4.49. The number of unbranched alkanes of at least 4 members (excludes halogenated alkanes) is 11. The first-order valence-electron chi connectivity index (χ1n) is 7.66. The van der Waals surface area contributed by atoms with Crippen molar-refractivity contribution in [2.45, 2.75) is 84.0 Å². The van der Waals surface area contributed by atoms with Gasteiger partial charge >= 0.3 is 0 Å². The van der Waals surface area contributed by atoms with Crippen LogP contribution in [0.1, 0.15) is 84.0 Å². The van der Waals surface area contributed by atoms with Crippen LogP contribution < -0.4 is 0 Å². The second-order valence-electron chi connectivity index (χ2n) is 5.12. The fourth-order valence-electron chi connectivity index (χ4n) is 2.10. The monoisotopic (exact) mass is 293 g/mol. The van der Waals surface area contributed by atoms with Crippen LogP contribution in [0.3, 0.4) is 0 Å². The second-order valence-corrected chi connectivity index (χ2v) is 6.17. The van der Waals surface area contributed by atoms with Crippen molar-refractivity contribution in [2.75, 3.05) is 6.61 Å². The molecule has 4 nitrogen and oxygen atoms in total. The van der Waals surface area contributed by atoms with E-state index in [-0.39, 0.29) is 6.61 Å². The van der Waals surface area contributed by atoms with Crippen LogP contribution in [0.5, 0.6) is 0 Å². The van der Waals surface area contributed by atoms with Crippen molar-refractivity contribution < 1.29 is 17.2 Å². The zero-order valence-corrected chi connectivity index (χ0v) is 13.1. The molecule has 0 aliphatic heterocycles. The lowest BCUT2D eigenvalue weighted by atomic mass is 10.1. The Balaban J connectivity index is 3.03.